The third kappa shape index (κ3) is 3.36. The Morgan fingerprint density at radius 2 is 1.64 bits per heavy atom. The van der Waals surface area contributed by atoms with Crippen molar-refractivity contribution in [3.8, 4) is 0 Å². The molecule has 0 fully saturated rings. The average Bonchev–Trinajstić information content (AvgIpc) is 2.23. The van der Waals surface area contributed by atoms with Gasteiger partial charge in [0.05, 0.1) is 12.2 Å². The predicted octanol–water partition coefficient (Wildman–Crippen LogP) is -0.192. The van der Waals surface area contributed by atoms with Gasteiger partial charge in [-0.3, -0.25) is 0 Å². The quantitative estimate of drug-likeness (QED) is 0.524. The Morgan fingerprint density at radius 3 is 2.00 bits per heavy atom. The van der Waals surface area contributed by atoms with Gasteiger partial charge in [0.2, 0.25) is 0 Å². The Kier molecular flexibility index (Phi) is 5.92. The molecule has 0 rings (SSSR count). The Hall–Kier alpha value is -0.450. The highest BCUT2D eigenvalue weighted by atomic mass is 16.3. The molecule has 4 nitrogen and oxygen atoms in total. The zero-order valence-electron chi connectivity index (χ0n) is 8.92. The van der Waals surface area contributed by atoms with Crippen LogP contribution in [0, 0.1) is 17.8 Å². The summed E-state index contributed by atoms with van der Waals surface area (Å²) in [5, 5.41) is 28.1. The molecule has 3 N–H and O–H groups in total. The Labute approximate surface area is 84.6 Å². The van der Waals surface area contributed by atoms with E-state index in [1.54, 1.807) is 20.8 Å². The molecule has 0 heterocycles. The summed E-state index contributed by atoms with van der Waals surface area (Å²) in [5.74, 6) is -1.21. The lowest BCUT2D eigenvalue weighted by molar-refractivity contribution is -0.116. The van der Waals surface area contributed by atoms with Crippen molar-refractivity contribution in [2.24, 2.45) is 17.8 Å². The van der Waals surface area contributed by atoms with E-state index in [9.17, 15) is 15.0 Å². The summed E-state index contributed by atoms with van der Waals surface area (Å²) in [5.41, 5.74) is 0. The van der Waals surface area contributed by atoms with E-state index < -0.39 is 24.0 Å². The number of carbonyl (C=O) groups excluding carboxylic acids is 1. The number of carbonyl (C=O) groups is 1. The molecule has 0 aromatic carbocycles. The fourth-order valence-electron chi connectivity index (χ4n) is 1.39. The molecule has 0 bridgehead atoms. The number of hydrogen-bond acceptors (Lipinski definition) is 4. The van der Waals surface area contributed by atoms with Crippen molar-refractivity contribution in [3.05, 3.63) is 0 Å². The first-order valence-electron chi connectivity index (χ1n) is 4.88. The summed E-state index contributed by atoms with van der Waals surface area (Å²) >= 11 is 0. The molecule has 0 saturated carbocycles. The molecule has 0 aliphatic heterocycles. The van der Waals surface area contributed by atoms with Gasteiger partial charge < -0.3 is 20.1 Å². The maximum absolute atomic E-state index is 10.4. The molecule has 0 aliphatic carbocycles. The van der Waals surface area contributed by atoms with Crippen molar-refractivity contribution < 1.29 is 20.1 Å². The van der Waals surface area contributed by atoms with Crippen LogP contribution in [0.1, 0.15) is 20.8 Å². The standard InChI is InChI=1S/C10H20O4/c1-6(4-11)9(13)8(3)10(14)7(2)5-12/h4,6-10,12-14H,5H2,1-3H3. The van der Waals surface area contributed by atoms with Crippen molar-refractivity contribution in [1.82, 2.24) is 0 Å². The molecule has 0 aromatic heterocycles. The van der Waals surface area contributed by atoms with Crippen LogP contribution in [0.4, 0.5) is 0 Å². The van der Waals surface area contributed by atoms with Crippen LogP contribution in [-0.4, -0.2) is 40.4 Å². The second-order valence-corrected chi connectivity index (χ2v) is 4.00. The molecule has 84 valence electrons. The van der Waals surface area contributed by atoms with Gasteiger partial charge in [-0.2, -0.15) is 0 Å². The van der Waals surface area contributed by atoms with Crippen molar-refractivity contribution in [2.45, 2.75) is 33.0 Å². The minimum absolute atomic E-state index is 0.131. The fourth-order valence-corrected chi connectivity index (χ4v) is 1.39. The third-order valence-corrected chi connectivity index (χ3v) is 2.70. The van der Waals surface area contributed by atoms with Crippen LogP contribution in [0.5, 0.6) is 0 Å². The lowest BCUT2D eigenvalue weighted by atomic mass is 9.85. The van der Waals surface area contributed by atoms with E-state index in [4.69, 9.17) is 5.11 Å². The van der Waals surface area contributed by atoms with Crippen molar-refractivity contribution >= 4 is 6.29 Å². The molecule has 4 heteroatoms. The highest BCUT2D eigenvalue weighted by Crippen LogP contribution is 2.20. The van der Waals surface area contributed by atoms with Crippen LogP contribution >= 0.6 is 0 Å². The van der Waals surface area contributed by atoms with Gasteiger partial charge in [-0.25, -0.2) is 0 Å². The van der Waals surface area contributed by atoms with Gasteiger partial charge >= 0.3 is 0 Å². The van der Waals surface area contributed by atoms with Gasteiger partial charge in [-0.1, -0.05) is 20.8 Å². The Morgan fingerprint density at radius 1 is 1.14 bits per heavy atom. The molecular formula is C10H20O4. The van der Waals surface area contributed by atoms with Gasteiger partial charge in [0.25, 0.3) is 0 Å². The minimum atomic E-state index is -0.864. The van der Waals surface area contributed by atoms with Crippen LogP contribution in [0.2, 0.25) is 0 Å². The molecule has 14 heavy (non-hydrogen) atoms. The fraction of sp³-hybridized carbons (Fsp3) is 0.900. The zero-order valence-corrected chi connectivity index (χ0v) is 8.92. The molecule has 0 aliphatic rings. The molecule has 0 aromatic rings. The van der Waals surface area contributed by atoms with E-state index in [0.717, 1.165) is 0 Å². The van der Waals surface area contributed by atoms with E-state index in [0.29, 0.717) is 6.29 Å². The summed E-state index contributed by atoms with van der Waals surface area (Å²) in [4.78, 5) is 10.4. The molecular weight excluding hydrogens is 184 g/mol. The predicted molar refractivity (Wildman–Crippen MR) is 52.7 cm³/mol. The Balaban J connectivity index is 4.29. The van der Waals surface area contributed by atoms with E-state index in [1.165, 1.54) is 0 Å². The number of aliphatic hydroxyl groups excluding tert-OH is 3. The Bertz CT molecular complexity index is 172. The first-order valence-corrected chi connectivity index (χ1v) is 4.88. The summed E-state index contributed by atoms with van der Waals surface area (Å²) in [6, 6.07) is 0. The SMILES string of the molecule is CC(C=O)C(O)C(C)C(O)C(C)CO. The number of rotatable bonds is 6. The lowest BCUT2D eigenvalue weighted by Gasteiger charge is -2.29. The first-order chi connectivity index (χ1) is 6.45. The molecule has 0 saturated heterocycles. The largest absolute Gasteiger partial charge is 0.396 e. The van der Waals surface area contributed by atoms with Crippen LogP contribution in [0.3, 0.4) is 0 Å². The van der Waals surface area contributed by atoms with E-state index in [1.807, 2.05) is 0 Å². The van der Waals surface area contributed by atoms with Crippen LogP contribution in [-0.2, 0) is 4.79 Å². The smallest absolute Gasteiger partial charge is 0.125 e. The highest BCUT2D eigenvalue weighted by molar-refractivity contribution is 5.53. The van der Waals surface area contributed by atoms with Crippen molar-refractivity contribution in [1.29, 1.82) is 0 Å². The third-order valence-electron chi connectivity index (χ3n) is 2.70. The van der Waals surface area contributed by atoms with E-state index in [2.05, 4.69) is 0 Å². The average molecular weight is 204 g/mol. The van der Waals surface area contributed by atoms with Gasteiger partial charge in [-0.15, -0.1) is 0 Å². The van der Waals surface area contributed by atoms with Gasteiger partial charge in [0, 0.05) is 24.4 Å². The summed E-state index contributed by atoms with van der Waals surface area (Å²) in [6.07, 6.45) is -0.994. The van der Waals surface area contributed by atoms with Gasteiger partial charge in [0.15, 0.2) is 0 Å². The minimum Gasteiger partial charge on any atom is -0.396 e. The topological polar surface area (TPSA) is 77.8 Å². The summed E-state index contributed by atoms with van der Waals surface area (Å²) in [7, 11) is 0. The maximum atomic E-state index is 10.4. The van der Waals surface area contributed by atoms with E-state index in [-0.39, 0.29) is 12.5 Å². The molecule has 5 atom stereocenters. The zero-order chi connectivity index (χ0) is 11.3. The normalized spacial score (nSPS) is 22.1. The van der Waals surface area contributed by atoms with Gasteiger partial charge in [0.1, 0.15) is 6.29 Å². The van der Waals surface area contributed by atoms with Crippen molar-refractivity contribution in [2.75, 3.05) is 6.61 Å². The summed E-state index contributed by atoms with van der Waals surface area (Å²) < 4.78 is 0. The second kappa shape index (κ2) is 6.11. The lowest BCUT2D eigenvalue weighted by Crippen LogP contribution is -2.38. The maximum Gasteiger partial charge on any atom is 0.125 e. The molecule has 0 spiro atoms. The van der Waals surface area contributed by atoms with Crippen LogP contribution < -0.4 is 0 Å². The highest BCUT2D eigenvalue weighted by Gasteiger charge is 2.29. The number of aliphatic hydroxyl groups is 3. The molecule has 0 radical (unpaired) electrons. The first kappa shape index (κ1) is 13.5. The number of hydrogen-bond donors (Lipinski definition) is 3. The molecule has 5 unspecified atom stereocenters. The van der Waals surface area contributed by atoms with Crippen molar-refractivity contribution in [3.63, 3.8) is 0 Å². The summed E-state index contributed by atoms with van der Waals surface area (Å²) in [6.45, 7) is 4.83. The molecule has 0 amide bonds. The van der Waals surface area contributed by atoms with E-state index >= 15 is 0 Å². The number of aldehydes is 1. The monoisotopic (exact) mass is 204 g/mol. The second-order valence-electron chi connectivity index (χ2n) is 4.00. The van der Waals surface area contributed by atoms with Gasteiger partial charge in [-0.05, 0) is 0 Å². The van der Waals surface area contributed by atoms with Crippen LogP contribution in [0.25, 0.3) is 0 Å². The van der Waals surface area contributed by atoms with Crippen LogP contribution in [0.15, 0.2) is 0 Å².